The lowest BCUT2D eigenvalue weighted by atomic mass is 10.2. The van der Waals surface area contributed by atoms with Gasteiger partial charge >= 0.3 is 0 Å². The van der Waals surface area contributed by atoms with Gasteiger partial charge in [0.05, 0.1) is 12.0 Å². The van der Waals surface area contributed by atoms with Crippen LogP contribution in [0.2, 0.25) is 0 Å². The van der Waals surface area contributed by atoms with Crippen LogP contribution in [0.1, 0.15) is 12.3 Å². The van der Waals surface area contributed by atoms with Crippen molar-refractivity contribution in [1.82, 2.24) is 10.1 Å². The Kier molecular flexibility index (Phi) is 7.06. The molecule has 180 valence electrons. The molecule has 0 aliphatic rings. The van der Waals surface area contributed by atoms with Gasteiger partial charge in [-0.1, -0.05) is 5.16 Å². The highest BCUT2D eigenvalue weighted by Crippen LogP contribution is 2.21. The van der Waals surface area contributed by atoms with Gasteiger partial charge in [0.2, 0.25) is 17.6 Å². The quantitative estimate of drug-likeness (QED) is 0.355. The molecule has 1 aromatic heterocycles. The lowest BCUT2D eigenvalue weighted by Crippen LogP contribution is -2.14. The van der Waals surface area contributed by atoms with Crippen molar-refractivity contribution >= 4 is 27.3 Å². The number of rotatable bonds is 9. The van der Waals surface area contributed by atoms with E-state index in [1.807, 2.05) is 0 Å². The molecule has 1 heterocycles. The Morgan fingerprint density at radius 1 is 0.971 bits per heavy atom. The van der Waals surface area contributed by atoms with E-state index in [-0.39, 0.29) is 29.3 Å². The minimum Gasteiger partial charge on any atom is -0.497 e. The first-order valence-electron chi connectivity index (χ1n) is 10.5. The Balaban J connectivity index is 1.31. The van der Waals surface area contributed by atoms with Gasteiger partial charge in [0.25, 0.3) is 10.0 Å². The number of ether oxygens (including phenoxy) is 1. The van der Waals surface area contributed by atoms with Crippen molar-refractivity contribution in [3.63, 3.8) is 0 Å². The molecule has 11 heteroatoms. The van der Waals surface area contributed by atoms with E-state index in [1.54, 1.807) is 31.4 Å². The molecule has 0 unspecified atom stereocenters. The molecule has 0 fully saturated rings. The topological polar surface area (TPSA) is 123 Å². The van der Waals surface area contributed by atoms with Gasteiger partial charge in [0, 0.05) is 29.8 Å². The third kappa shape index (κ3) is 6.21. The van der Waals surface area contributed by atoms with E-state index < -0.39 is 15.8 Å². The molecule has 1 amide bonds. The standard InChI is InChI=1S/C24H21FN4O5S/c1-33-20-10-2-16(3-11-20)24-27-23(34-28-24)15-14-22(30)26-18-8-12-21(13-9-18)35(31,32)29-19-6-4-17(25)5-7-19/h2-13,29H,14-15H2,1H3,(H,26,30). The molecular weight excluding hydrogens is 475 g/mol. The van der Waals surface area contributed by atoms with Gasteiger partial charge in [-0.15, -0.1) is 0 Å². The number of hydrogen-bond donors (Lipinski definition) is 2. The average Bonchev–Trinajstić information content (AvgIpc) is 3.34. The van der Waals surface area contributed by atoms with Crippen LogP contribution in [-0.4, -0.2) is 31.6 Å². The molecule has 0 aliphatic heterocycles. The second-order valence-corrected chi connectivity index (χ2v) is 9.11. The third-order valence-electron chi connectivity index (χ3n) is 4.93. The van der Waals surface area contributed by atoms with Crippen molar-refractivity contribution in [2.75, 3.05) is 17.1 Å². The minimum absolute atomic E-state index is 0.00301. The zero-order chi connectivity index (χ0) is 24.8. The molecule has 3 aromatic carbocycles. The first kappa shape index (κ1) is 23.9. The number of aromatic nitrogens is 2. The molecule has 0 aliphatic carbocycles. The molecule has 0 spiro atoms. The van der Waals surface area contributed by atoms with Crippen LogP contribution in [-0.2, 0) is 21.2 Å². The summed E-state index contributed by atoms with van der Waals surface area (Å²) in [5, 5.41) is 6.63. The summed E-state index contributed by atoms with van der Waals surface area (Å²) in [7, 11) is -2.28. The highest BCUT2D eigenvalue weighted by molar-refractivity contribution is 7.92. The molecule has 0 radical (unpaired) electrons. The number of nitrogens with one attached hydrogen (secondary N) is 2. The van der Waals surface area contributed by atoms with Crippen molar-refractivity contribution in [2.45, 2.75) is 17.7 Å². The van der Waals surface area contributed by atoms with Gasteiger partial charge < -0.3 is 14.6 Å². The number of nitrogens with zero attached hydrogens (tertiary/aromatic N) is 2. The van der Waals surface area contributed by atoms with Gasteiger partial charge in [-0.3, -0.25) is 9.52 Å². The summed E-state index contributed by atoms with van der Waals surface area (Å²) >= 11 is 0. The summed E-state index contributed by atoms with van der Waals surface area (Å²) in [6.07, 6.45) is 0.333. The lowest BCUT2D eigenvalue weighted by molar-refractivity contribution is -0.116. The van der Waals surface area contributed by atoms with Gasteiger partial charge in [-0.05, 0) is 72.8 Å². The largest absolute Gasteiger partial charge is 0.497 e. The van der Waals surface area contributed by atoms with Crippen LogP contribution in [0.3, 0.4) is 0 Å². The lowest BCUT2D eigenvalue weighted by Gasteiger charge is -2.09. The van der Waals surface area contributed by atoms with Gasteiger partial charge in [-0.2, -0.15) is 4.98 Å². The number of amides is 1. The summed E-state index contributed by atoms with van der Waals surface area (Å²) in [4.78, 5) is 16.6. The second kappa shape index (κ2) is 10.3. The Morgan fingerprint density at radius 2 is 1.63 bits per heavy atom. The number of hydrogen-bond acceptors (Lipinski definition) is 7. The van der Waals surface area contributed by atoms with E-state index in [4.69, 9.17) is 9.26 Å². The molecule has 35 heavy (non-hydrogen) atoms. The number of carbonyl (C=O) groups is 1. The van der Waals surface area contributed by atoms with E-state index in [9.17, 15) is 17.6 Å². The predicted octanol–water partition coefficient (Wildman–Crippen LogP) is 4.26. The molecule has 0 bridgehead atoms. The first-order valence-corrected chi connectivity index (χ1v) is 12.0. The van der Waals surface area contributed by atoms with E-state index in [0.29, 0.717) is 23.2 Å². The number of sulfonamides is 1. The van der Waals surface area contributed by atoms with Crippen LogP contribution < -0.4 is 14.8 Å². The smallest absolute Gasteiger partial charge is 0.261 e. The normalized spacial score (nSPS) is 11.1. The maximum absolute atomic E-state index is 13.0. The summed E-state index contributed by atoms with van der Waals surface area (Å²) in [6, 6.07) is 17.8. The number of aryl methyl sites for hydroxylation is 1. The average molecular weight is 497 g/mol. The summed E-state index contributed by atoms with van der Waals surface area (Å²) < 4.78 is 50.7. The van der Waals surface area contributed by atoms with Gasteiger partial charge in [-0.25, -0.2) is 12.8 Å². The number of carbonyl (C=O) groups excluding carboxylic acids is 1. The molecule has 0 saturated heterocycles. The first-order chi connectivity index (χ1) is 16.8. The Bertz CT molecular complexity index is 1400. The van der Waals surface area contributed by atoms with Crippen molar-refractivity contribution in [2.24, 2.45) is 0 Å². The zero-order valence-electron chi connectivity index (χ0n) is 18.6. The Hall–Kier alpha value is -4.25. The highest BCUT2D eigenvalue weighted by atomic mass is 32.2. The molecule has 4 aromatic rings. The van der Waals surface area contributed by atoms with Crippen LogP contribution >= 0.6 is 0 Å². The van der Waals surface area contributed by atoms with Crippen LogP contribution in [0.5, 0.6) is 5.75 Å². The maximum atomic E-state index is 13.0. The molecule has 0 atom stereocenters. The van der Waals surface area contributed by atoms with Gasteiger partial charge in [0.15, 0.2) is 0 Å². The highest BCUT2D eigenvalue weighted by Gasteiger charge is 2.15. The molecule has 2 N–H and O–H groups in total. The zero-order valence-corrected chi connectivity index (χ0v) is 19.4. The summed E-state index contributed by atoms with van der Waals surface area (Å²) in [5.74, 6) is 0.677. The molecular formula is C24H21FN4O5S. The predicted molar refractivity (Wildman–Crippen MR) is 127 cm³/mol. The number of halogens is 1. The van der Waals surface area contributed by atoms with Crippen LogP contribution in [0.4, 0.5) is 15.8 Å². The Morgan fingerprint density at radius 3 is 2.29 bits per heavy atom. The van der Waals surface area contributed by atoms with Crippen LogP contribution in [0.25, 0.3) is 11.4 Å². The SMILES string of the molecule is COc1ccc(-c2noc(CCC(=O)Nc3ccc(S(=O)(=O)Nc4ccc(F)cc4)cc3)n2)cc1. The van der Waals surface area contributed by atoms with E-state index in [2.05, 4.69) is 20.2 Å². The number of anilines is 2. The van der Waals surface area contributed by atoms with Crippen molar-refractivity contribution in [3.05, 3.63) is 84.5 Å². The molecule has 4 rings (SSSR count). The van der Waals surface area contributed by atoms with E-state index >= 15 is 0 Å². The number of benzene rings is 3. The maximum Gasteiger partial charge on any atom is 0.261 e. The van der Waals surface area contributed by atoms with Crippen LogP contribution in [0.15, 0.2) is 82.2 Å². The third-order valence-corrected chi connectivity index (χ3v) is 6.32. The molecule has 0 saturated carbocycles. The fourth-order valence-electron chi connectivity index (χ4n) is 3.11. The number of methoxy groups -OCH3 is 1. The summed E-state index contributed by atoms with van der Waals surface area (Å²) in [6.45, 7) is 0. The fraction of sp³-hybridized carbons (Fsp3) is 0.125. The van der Waals surface area contributed by atoms with Crippen molar-refractivity contribution in [1.29, 1.82) is 0 Å². The monoisotopic (exact) mass is 496 g/mol. The van der Waals surface area contributed by atoms with Crippen LogP contribution in [0, 0.1) is 5.82 Å². The Labute approximate surface area is 201 Å². The van der Waals surface area contributed by atoms with E-state index in [0.717, 1.165) is 17.7 Å². The van der Waals surface area contributed by atoms with E-state index in [1.165, 1.54) is 36.4 Å². The minimum atomic E-state index is -3.86. The van der Waals surface area contributed by atoms with Crippen molar-refractivity contribution < 1.29 is 26.9 Å². The second-order valence-electron chi connectivity index (χ2n) is 7.43. The summed E-state index contributed by atoms with van der Waals surface area (Å²) in [5.41, 5.74) is 1.43. The van der Waals surface area contributed by atoms with Crippen molar-refractivity contribution in [3.8, 4) is 17.1 Å². The molecule has 9 nitrogen and oxygen atoms in total. The van der Waals surface area contributed by atoms with Gasteiger partial charge in [0.1, 0.15) is 11.6 Å². The fourth-order valence-corrected chi connectivity index (χ4v) is 4.17.